The second-order valence-corrected chi connectivity index (χ2v) is 4.91. The SMILES string of the molecule is NC(=O)c1nn(-c2ccc(I)c(Cl)c2)cc1N. The van der Waals surface area contributed by atoms with Gasteiger partial charge in [0.2, 0.25) is 0 Å². The Balaban J connectivity index is 2.50. The molecule has 0 aliphatic heterocycles. The van der Waals surface area contributed by atoms with E-state index in [1.807, 2.05) is 12.1 Å². The standard InChI is InChI=1S/C10H8ClIN4O/c11-6-3-5(1-2-7(6)12)16-4-8(13)9(15-16)10(14)17/h1-4H,13H2,(H2,14,17). The number of halogens is 2. The van der Waals surface area contributed by atoms with Crippen molar-refractivity contribution >= 4 is 45.8 Å². The van der Waals surface area contributed by atoms with Crippen molar-refractivity contribution in [2.45, 2.75) is 0 Å². The highest BCUT2D eigenvalue weighted by Gasteiger charge is 2.12. The van der Waals surface area contributed by atoms with E-state index in [0.717, 1.165) is 9.26 Å². The van der Waals surface area contributed by atoms with Gasteiger partial charge >= 0.3 is 0 Å². The highest BCUT2D eigenvalue weighted by molar-refractivity contribution is 14.1. The third-order valence-electron chi connectivity index (χ3n) is 2.14. The second kappa shape index (κ2) is 4.53. The van der Waals surface area contributed by atoms with Gasteiger partial charge in [0, 0.05) is 3.57 Å². The molecule has 1 aromatic carbocycles. The van der Waals surface area contributed by atoms with Crippen molar-refractivity contribution < 1.29 is 4.79 Å². The van der Waals surface area contributed by atoms with Gasteiger partial charge in [-0.05, 0) is 40.8 Å². The van der Waals surface area contributed by atoms with E-state index in [2.05, 4.69) is 27.7 Å². The Morgan fingerprint density at radius 1 is 1.47 bits per heavy atom. The number of benzene rings is 1. The van der Waals surface area contributed by atoms with Crippen LogP contribution in [0.2, 0.25) is 5.02 Å². The molecule has 0 saturated heterocycles. The summed E-state index contributed by atoms with van der Waals surface area (Å²) in [5.74, 6) is -0.655. The number of nitrogen functional groups attached to an aromatic ring is 1. The first-order valence-corrected chi connectivity index (χ1v) is 6.05. The topological polar surface area (TPSA) is 86.9 Å². The summed E-state index contributed by atoms with van der Waals surface area (Å²) in [5.41, 5.74) is 11.8. The number of rotatable bonds is 2. The van der Waals surface area contributed by atoms with Gasteiger partial charge in [-0.15, -0.1) is 0 Å². The molecule has 1 amide bonds. The van der Waals surface area contributed by atoms with E-state index in [9.17, 15) is 4.79 Å². The second-order valence-electron chi connectivity index (χ2n) is 3.34. The van der Waals surface area contributed by atoms with Gasteiger partial charge in [-0.2, -0.15) is 5.10 Å². The molecular weight excluding hydrogens is 354 g/mol. The van der Waals surface area contributed by atoms with Gasteiger partial charge in [-0.25, -0.2) is 4.68 Å². The summed E-state index contributed by atoms with van der Waals surface area (Å²) in [5, 5.41) is 4.62. The van der Waals surface area contributed by atoms with Crippen molar-refractivity contribution in [2.24, 2.45) is 5.73 Å². The zero-order valence-corrected chi connectivity index (χ0v) is 11.4. The fraction of sp³-hybridized carbons (Fsp3) is 0. The largest absolute Gasteiger partial charge is 0.396 e. The number of anilines is 1. The number of nitrogens with two attached hydrogens (primary N) is 2. The number of hydrogen-bond acceptors (Lipinski definition) is 3. The van der Waals surface area contributed by atoms with E-state index in [1.54, 1.807) is 6.07 Å². The Morgan fingerprint density at radius 3 is 2.71 bits per heavy atom. The molecule has 0 aliphatic rings. The van der Waals surface area contributed by atoms with E-state index in [-0.39, 0.29) is 11.4 Å². The van der Waals surface area contributed by atoms with Crippen molar-refractivity contribution in [3.8, 4) is 5.69 Å². The molecule has 1 heterocycles. The van der Waals surface area contributed by atoms with E-state index in [0.29, 0.717) is 5.02 Å². The van der Waals surface area contributed by atoms with Crippen LogP contribution < -0.4 is 11.5 Å². The molecule has 7 heteroatoms. The van der Waals surface area contributed by atoms with Gasteiger partial charge in [-0.3, -0.25) is 4.79 Å². The summed E-state index contributed by atoms with van der Waals surface area (Å²) in [6.45, 7) is 0. The number of primary amides is 1. The maximum Gasteiger partial charge on any atom is 0.271 e. The minimum Gasteiger partial charge on any atom is -0.396 e. The number of hydrogen-bond donors (Lipinski definition) is 2. The molecule has 2 aromatic rings. The van der Waals surface area contributed by atoms with Crippen LogP contribution in [0.5, 0.6) is 0 Å². The highest BCUT2D eigenvalue weighted by atomic mass is 127. The molecule has 4 N–H and O–H groups in total. The number of carbonyl (C=O) groups is 1. The van der Waals surface area contributed by atoms with Crippen LogP contribution in [0.25, 0.3) is 5.69 Å². The summed E-state index contributed by atoms with van der Waals surface area (Å²) in [6, 6.07) is 5.41. The number of aromatic nitrogens is 2. The van der Waals surface area contributed by atoms with Gasteiger partial charge in [-0.1, -0.05) is 11.6 Å². The van der Waals surface area contributed by atoms with Gasteiger partial charge < -0.3 is 11.5 Å². The fourth-order valence-corrected chi connectivity index (χ4v) is 1.85. The van der Waals surface area contributed by atoms with Gasteiger partial charge in [0.05, 0.1) is 22.6 Å². The Hall–Kier alpha value is -1.28. The molecule has 17 heavy (non-hydrogen) atoms. The lowest BCUT2D eigenvalue weighted by atomic mass is 10.3. The van der Waals surface area contributed by atoms with E-state index in [1.165, 1.54) is 10.9 Å². The highest BCUT2D eigenvalue weighted by Crippen LogP contribution is 2.22. The fourth-order valence-electron chi connectivity index (χ4n) is 1.34. The summed E-state index contributed by atoms with van der Waals surface area (Å²) in [4.78, 5) is 11.0. The molecular formula is C10H8ClIN4O. The summed E-state index contributed by atoms with van der Waals surface area (Å²) < 4.78 is 2.40. The number of nitrogens with zero attached hydrogens (tertiary/aromatic N) is 2. The average molecular weight is 363 g/mol. The minimum absolute atomic E-state index is 0.0553. The Morgan fingerprint density at radius 2 is 2.18 bits per heavy atom. The smallest absolute Gasteiger partial charge is 0.271 e. The number of amides is 1. The summed E-state index contributed by atoms with van der Waals surface area (Å²) in [6.07, 6.45) is 1.53. The van der Waals surface area contributed by atoms with Gasteiger partial charge in [0.25, 0.3) is 5.91 Å². The van der Waals surface area contributed by atoms with Crippen LogP contribution in [0, 0.1) is 3.57 Å². The molecule has 0 radical (unpaired) electrons. The quantitative estimate of drug-likeness (QED) is 0.799. The van der Waals surface area contributed by atoms with Crippen LogP contribution >= 0.6 is 34.2 Å². The first-order chi connectivity index (χ1) is 7.99. The summed E-state index contributed by atoms with van der Waals surface area (Å²) >= 11 is 8.12. The maximum absolute atomic E-state index is 11.0. The van der Waals surface area contributed by atoms with Gasteiger partial charge in [0.1, 0.15) is 0 Å². The Labute approximate surface area is 116 Å². The average Bonchev–Trinajstić information content (AvgIpc) is 2.64. The third-order valence-corrected chi connectivity index (χ3v) is 3.72. The Kier molecular flexibility index (Phi) is 3.25. The molecule has 0 atom stereocenters. The summed E-state index contributed by atoms with van der Waals surface area (Å²) in [7, 11) is 0. The zero-order chi connectivity index (χ0) is 12.6. The van der Waals surface area contributed by atoms with Gasteiger partial charge in [0.15, 0.2) is 5.69 Å². The molecule has 0 saturated carbocycles. The molecule has 0 bridgehead atoms. The Bertz CT molecular complexity index is 596. The molecule has 5 nitrogen and oxygen atoms in total. The van der Waals surface area contributed by atoms with Crippen molar-refractivity contribution in [3.63, 3.8) is 0 Å². The van der Waals surface area contributed by atoms with Crippen molar-refractivity contribution in [3.05, 3.63) is 38.7 Å². The van der Waals surface area contributed by atoms with Crippen molar-refractivity contribution in [1.82, 2.24) is 9.78 Å². The lowest BCUT2D eigenvalue weighted by Crippen LogP contribution is -2.14. The normalized spacial score (nSPS) is 10.5. The number of carbonyl (C=O) groups excluding carboxylic acids is 1. The molecule has 2 rings (SSSR count). The molecule has 1 aromatic heterocycles. The molecule has 0 fully saturated rings. The van der Waals surface area contributed by atoms with Crippen LogP contribution in [0.15, 0.2) is 24.4 Å². The molecule has 0 spiro atoms. The predicted octanol–water partition coefficient (Wildman–Crippen LogP) is 1.81. The maximum atomic E-state index is 11.0. The lowest BCUT2D eigenvalue weighted by molar-refractivity contribution is 0.0996. The zero-order valence-electron chi connectivity index (χ0n) is 8.52. The monoisotopic (exact) mass is 362 g/mol. The lowest BCUT2D eigenvalue weighted by Gasteiger charge is -2.02. The predicted molar refractivity (Wildman–Crippen MR) is 74.2 cm³/mol. The molecule has 88 valence electrons. The third kappa shape index (κ3) is 2.37. The van der Waals surface area contributed by atoms with E-state index in [4.69, 9.17) is 23.1 Å². The molecule has 0 aliphatic carbocycles. The van der Waals surface area contributed by atoms with E-state index >= 15 is 0 Å². The van der Waals surface area contributed by atoms with E-state index < -0.39 is 5.91 Å². The molecule has 0 unspecified atom stereocenters. The van der Waals surface area contributed by atoms with Crippen molar-refractivity contribution in [1.29, 1.82) is 0 Å². The van der Waals surface area contributed by atoms with Crippen molar-refractivity contribution in [2.75, 3.05) is 5.73 Å². The van der Waals surface area contributed by atoms with Crippen LogP contribution in [0.1, 0.15) is 10.5 Å². The van der Waals surface area contributed by atoms with Crippen LogP contribution in [-0.2, 0) is 0 Å². The minimum atomic E-state index is -0.655. The van der Waals surface area contributed by atoms with Crippen LogP contribution in [0.3, 0.4) is 0 Å². The first-order valence-electron chi connectivity index (χ1n) is 4.59. The first kappa shape index (κ1) is 12.2. The van der Waals surface area contributed by atoms with Crippen LogP contribution in [0.4, 0.5) is 5.69 Å². The van der Waals surface area contributed by atoms with Crippen LogP contribution in [-0.4, -0.2) is 15.7 Å².